The van der Waals surface area contributed by atoms with Crippen molar-refractivity contribution >= 4 is 11.8 Å². The largest absolute Gasteiger partial charge is 0.312 e. The number of nitrogens with zero attached hydrogens (tertiary/aromatic N) is 1. The fourth-order valence-electron chi connectivity index (χ4n) is 3.45. The fraction of sp³-hybridized carbons (Fsp3) is 0.667. The first-order chi connectivity index (χ1) is 8.90. The van der Waals surface area contributed by atoms with Gasteiger partial charge in [-0.3, -0.25) is 4.98 Å². The molecule has 1 aliphatic heterocycles. The van der Waals surface area contributed by atoms with Crippen molar-refractivity contribution in [1.29, 1.82) is 0 Å². The highest BCUT2D eigenvalue weighted by atomic mass is 32.2. The highest BCUT2D eigenvalue weighted by Crippen LogP contribution is 2.40. The first kappa shape index (κ1) is 12.5. The van der Waals surface area contributed by atoms with Gasteiger partial charge in [0.15, 0.2) is 0 Å². The van der Waals surface area contributed by atoms with Crippen molar-refractivity contribution in [3.8, 4) is 0 Å². The lowest BCUT2D eigenvalue weighted by atomic mass is 9.92. The zero-order valence-corrected chi connectivity index (χ0v) is 11.9. The predicted molar refractivity (Wildman–Crippen MR) is 78.2 cm³/mol. The van der Waals surface area contributed by atoms with E-state index in [-0.39, 0.29) is 0 Å². The molecule has 3 atom stereocenters. The van der Waals surface area contributed by atoms with E-state index in [1.165, 1.54) is 42.7 Å². The molecule has 18 heavy (non-hydrogen) atoms. The lowest BCUT2D eigenvalue weighted by Crippen LogP contribution is -2.41. The maximum absolute atomic E-state index is 4.67. The van der Waals surface area contributed by atoms with Crippen LogP contribution >= 0.6 is 11.8 Å². The number of thioether (sulfide) groups is 1. The van der Waals surface area contributed by atoms with Gasteiger partial charge in [-0.05, 0) is 49.6 Å². The van der Waals surface area contributed by atoms with Gasteiger partial charge in [0.2, 0.25) is 0 Å². The first-order valence-electron chi connectivity index (χ1n) is 7.19. The number of hydrogen-bond donors (Lipinski definition) is 1. The molecular formula is C15H22N2S. The molecule has 3 rings (SSSR count). The van der Waals surface area contributed by atoms with Crippen LogP contribution in [0.1, 0.15) is 43.4 Å². The van der Waals surface area contributed by atoms with Gasteiger partial charge in [0, 0.05) is 29.1 Å². The second-order valence-corrected chi connectivity index (χ2v) is 6.67. The molecule has 2 nitrogen and oxygen atoms in total. The monoisotopic (exact) mass is 262 g/mol. The summed E-state index contributed by atoms with van der Waals surface area (Å²) in [5, 5.41) is 4.54. The number of fused-ring (bicyclic) bond motifs is 1. The molecular weight excluding hydrogens is 240 g/mol. The SMILES string of the molecule is CCNC(C1CCCS1)C1CCc2cccnc21. The summed E-state index contributed by atoms with van der Waals surface area (Å²) in [4.78, 5) is 4.67. The molecule has 0 saturated carbocycles. The number of nitrogens with one attached hydrogen (secondary N) is 1. The van der Waals surface area contributed by atoms with Crippen LogP contribution in [0.5, 0.6) is 0 Å². The van der Waals surface area contributed by atoms with Crippen LogP contribution in [-0.2, 0) is 6.42 Å². The molecule has 1 aromatic heterocycles. The zero-order chi connectivity index (χ0) is 12.4. The molecule has 0 radical (unpaired) electrons. The van der Waals surface area contributed by atoms with Crippen molar-refractivity contribution in [1.82, 2.24) is 10.3 Å². The van der Waals surface area contributed by atoms with Crippen molar-refractivity contribution in [2.45, 2.75) is 49.8 Å². The summed E-state index contributed by atoms with van der Waals surface area (Å²) in [5.74, 6) is 1.98. The van der Waals surface area contributed by atoms with Gasteiger partial charge in [-0.1, -0.05) is 13.0 Å². The van der Waals surface area contributed by atoms with E-state index in [4.69, 9.17) is 0 Å². The van der Waals surface area contributed by atoms with Crippen LogP contribution in [0.2, 0.25) is 0 Å². The zero-order valence-electron chi connectivity index (χ0n) is 11.1. The van der Waals surface area contributed by atoms with E-state index in [1.807, 2.05) is 6.20 Å². The van der Waals surface area contributed by atoms with Crippen molar-refractivity contribution in [3.05, 3.63) is 29.6 Å². The number of aryl methyl sites for hydroxylation is 1. The third-order valence-electron chi connectivity index (χ3n) is 4.24. The Kier molecular flexibility index (Phi) is 3.90. The smallest absolute Gasteiger partial charge is 0.0482 e. The van der Waals surface area contributed by atoms with E-state index in [2.05, 4.69) is 41.1 Å². The molecule has 3 unspecified atom stereocenters. The second kappa shape index (κ2) is 5.62. The summed E-state index contributed by atoms with van der Waals surface area (Å²) >= 11 is 2.16. The molecule has 1 aromatic rings. The number of hydrogen-bond acceptors (Lipinski definition) is 3. The molecule has 0 amide bonds. The summed E-state index contributed by atoms with van der Waals surface area (Å²) in [5.41, 5.74) is 2.85. The fourth-order valence-corrected chi connectivity index (χ4v) is 4.91. The van der Waals surface area contributed by atoms with E-state index in [0.29, 0.717) is 12.0 Å². The van der Waals surface area contributed by atoms with Crippen LogP contribution in [0.4, 0.5) is 0 Å². The molecule has 1 aliphatic carbocycles. The molecule has 2 heterocycles. The number of aromatic nitrogens is 1. The molecule has 0 spiro atoms. The van der Waals surface area contributed by atoms with Crippen molar-refractivity contribution in [3.63, 3.8) is 0 Å². The van der Waals surface area contributed by atoms with Crippen molar-refractivity contribution in [2.24, 2.45) is 0 Å². The minimum absolute atomic E-state index is 0.624. The topological polar surface area (TPSA) is 24.9 Å². The number of pyridine rings is 1. The van der Waals surface area contributed by atoms with Gasteiger partial charge >= 0.3 is 0 Å². The van der Waals surface area contributed by atoms with Crippen molar-refractivity contribution in [2.75, 3.05) is 12.3 Å². The lowest BCUT2D eigenvalue weighted by molar-refractivity contribution is 0.414. The van der Waals surface area contributed by atoms with Gasteiger partial charge in [-0.25, -0.2) is 0 Å². The Morgan fingerprint density at radius 2 is 2.44 bits per heavy atom. The van der Waals surface area contributed by atoms with Crippen molar-refractivity contribution < 1.29 is 0 Å². The Balaban J connectivity index is 1.83. The van der Waals surface area contributed by atoms with Gasteiger partial charge in [-0.15, -0.1) is 0 Å². The summed E-state index contributed by atoms with van der Waals surface area (Å²) in [6.07, 6.45) is 7.22. The van der Waals surface area contributed by atoms with E-state index in [9.17, 15) is 0 Å². The third-order valence-corrected chi connectivity index (χ3v) is 5.72. The molecule has 1 N–H and O–H groups in total. The van der Waals surface area contributed by atoms with Gasteiger partial charge in [0.1, 0.15) is 0 Å². The molecule has 0 aromatic carbocycles. The van der Waals surface area contributed by atoms with Crippen LogP contribution in [0.3, 0.4) is 0 Å². The summed E-state index contributed by atoms with van der Waals surface area (Å²) in [6, 6.07) is 4.96. The van der Waals surface area contributed by atoms with Crippen LogP contribution in [0.15, 0.2) is 18.3 Å². The molecule has 1 fully saturated rings. The van der Waals surface area contributed by atoms with Gasteiger partial charge in [0.25, 0.3) is 0 Å². The normalized spacial score (nSPS) is 28.3. The summed E-state index contributed by atoms with van der Waals surface area (Å²) in [7, 11) is 0. The quantitative estimate of drug-likeness (QED) is 0.903. The van der Waals surface area contributed by atoms with Crippen LogP contribution in [0.25, 0.3) is 0 Å². The van der Waals surface area contributed by atoms with Crippen LogP contribution in [0, 0.1) is 0 Å². The predicted octanol–water partition coefficient (Wildman–Crippen LogP) is 2.99. The van der Waals surface area contributed by atoms with Gasteiger partial charge in [0.05, 0.1) is 0 Å². The minimum atomic E-state index is 0.624. The van der Waals surface area contributed by atoms with E-state index >= 15 is 0 Å². The molecule has 98 valence electrons. The Hall–Kier alpha value is -0.540. The van der Waals surface area contributed by atoms with Gasteiger partial charge < -0.3 is 5.32 Å². The maximum Gasteiger partial charge on any atom is 0.0482 e. The molecule has 0 bridgehead atoms. The van der Waals surface area contributed by atoms with E-state index in [0.717, 1.165) is 11.8 Å². The molecule has 1 saturated heterocycles. The number of likely N-dealkylation sites (N-methyl/N-ethyl adjacent to an activating group) is 1. The van der Waals surface area contributed by atoms with E-state index in [1.54, 1.807) is 0 Å². The lowest BCUT2D eigenvalue weighted by Gasteiger charge is -2.29. The second-order valence-electron chi connectivity index (χ2n) is 5.33. The average Bonchev–Trinajstić information content (AvgIpc) is 3.06. The summed E-state index contributed by atoms with van der Waals surface area (Å²) in [6.45, 7) is 3.29. The number of rotatable bonds is 4. The Bertz CT molecular complexity index is 401. The van der Waals surface area contributed by atoms with Gasteiger partial charge in [-0.2, -0.15) is 11.8 Å². The standard InChI is InChI=1S/C15H22N2S/c1-2-16-15(13-6-4-10-18-13)12-8-7-11-5-3-9-17-14(11)12/h3,5,9,12-13,15-16H,2,4,6-8,10H2,1H3. The summed E-state index contributed by atoms with van der Waals surface area (Å²) < 4.78 is 0. The first-order valence-corrected chi connectivity index (χ1v) is 8.24. The van der Waals surface area contributed by atoms with Crippen LogP contribution < -0.4 is 5.32 Å². The average molecular weight is 262 g/mol. The Morgan fingerprint density at radius 3 is 3.22 bits per heavy atom. The highest BCUT2D eigenvalue weighted by Gasteiger charge is 2.36. The minimum Gasteiger partial charge on any atom is -0.312 e. The molecule has 2 aliphatic rings. The van der Waals surface area contributed by atoms with Crippen LogP contribution in [-0.4, -0.2) is 28.6 Å². The highest BCUT2D eigenvalue weighted by molar-refractivity contribution is 8.00. The third kappa shape index (κ3) is 2.30. The maximum atomic E-state index is 4.67. The Morgan fingerprint density at radius 1 is 1.50 bits per heavy atom. The van der Waals surface area contributed by atoms with E-state index < -0.39 is 0 Å². The molecule has 3 heteroatoms. The Labute approximate surface area is 114 Å².